The van der Waals surface area contributed by atoms with Gasteiger partial charge in [0, 0.05) is 29.8 Å². The third kappa shape index (κ3) is 2.70. The van der Waals surface area contributed by atoms with Gasteiger partial charge in [0.05, 0.1) is 6.54 Å². The van der Waals surface area contributed by atoms with Gasteiger partial charge in [0.2, 0.25) is 0 Å². The Bertz CT molecular complexity index is 719. The minimum absolute atomic E-state index is 0.0318. The van der Waals surface area contributed by atoms with E-state index in [4.69, 9.17) is 0 Å². The van der Waals surface area contributed by atoms with Crippen molar-refractivity contribution < 1.29 is 4.79 Å². The van der Waals surface area contributed by atoms with Gasteiger partial charge in [-0.3, -0.25) is 9.79 Å². The molecule has 110 valence electrons. The lowest BCUT2D eigenvalue weighted by Gasteiger charge is -2.20. The van der Waals surface area contributed by atoms with Gasteiger partial charge >= 0.3 is 0 Å². The van der Waals surface area contributed by atoms with Crippen LogP contribution in [-0.4, -0.2) is 36.2 Å². The molecule has 0 radical (unpaired) electrons. The molecule has 0 amide bonds. The zero-order chi connectivity index (χ0) is 15.4. The van der Waals surface area contributed by atoms with Crippen LogP contribution in [0.4, 0.5) is 0 Å². The number of benzene rings is 2. The van der Waals surface area contributed by atoms with Crippen LogP contribution < -0.4 is 0 Å². The molecule has 0 unspecified atom stereocenters. The van der Waals surface area contributed by atoms with Crippen LogP contribution in [0.1, 0.15) is 21.5 Å². The number of hydrogen-bond acceptors (Lipinski definition) is 3. The SMILES string of the molecule is C=CCN1CCN=C1c1ccccc1C(=O)c1ccccc1. The van der Waals surface area contributed by atoms with E-state index in [0.717, 1.165) is 31.0 Å². The van der Waals surface area contributed by atoms with Gasteiger partial charge in [-0.15, -0.1) is 6.58 Å². The van der Waals surface area contributed by atoms with Crippen molar-refractivity contribution in [1.82, 2.24) is 4.90 Å². The zero-order valence-corrected chi connectivity index (χ0v) is 12.4. The van der Waals surface area contributed by atoms with E-state index in [0.29, 0.717) is 11.1 Å². The first-order valence-corrected chi connectivity index (χ1v) is 7.40. The highest BCUT2D eigenvalue weighted by molar-refractivity contribution is 6.16. The first-order valence-electron chi connectivity index (χ1n) is 7.40. The van der Waals surface area contributed by atoms with Crippen LogP contribution in [0.5, 0.6) is 0 Å². The zero-order valence-electron chi connectivity index (χ0n) is 12.4. The maximum atomic E-state index is 12.8. The Morgan fingerprint density at radius 2 is 1.86 bits per heavy atom. The second-order valence-corrected chi connectivity index (χ2v) is 5.18. The van der Waals surface area contributed by atoms with E-state index in [1.165, 1.54) is 0 Å². The number of hydrogen-bond donors (Lipinski definition) is 0. The molecule has 1 aliphatic rings. The highest BCUT2D eigenvalue weighted by atomic mass is 16.1. The smallest absolute Gasteiger partial charge is 0.193 e. The van der Waals surface area contributed by atoms with Gasteiger partial charge in [0.15, 0.2) is 5.78 Å². The monoisotopic (exact) mass is 290 g/mol. The number of nitrogens with zero attached hydrogens (tertiary/aromatic N) is 2. The molecule has 0 aliphatic carbocycles. The molecule has 0 saturated heterocycles. The molecule has 0 spiro atoms. The Kier molecular flexibility index (Phi) is 4.15. The summed E-state index contributed by atoms with van der Waals surface area (Å²) in [5.41, 5.74) is 2.29. The van der Waals surface area contributed by atoms with Crippen molar-refractivity contribution in [2.75, 3.05) is 19.6 Å². The standard InChI is InChI=1S/C19H18N2O/c1-2-13-21-14-12-20-19(21)17-11-7-6-10-16(17)18(22)15-8-4-3-5-9-15/h2-11H,1,12-14H2. The molecule has 0 bridgehead atoms. The van der Waals surface area contributed by atoms with E-state index < -0.39 is 0 Å². The predicted octanol–water partition coefficient (Wildman–Crippen LogP) is 3.17. The summed E-state index contributed by atoms with van der Waals surface area (Å²) in [5, 5.41) is 0. The van der Waals surface area contributed by atoms with E-state index in [-0.39, 0.29) is 5.78 Å². The second kappa shape index (κ2) is 6.39. The van der Waals surface area contributed by atoms with Crippen LogP contribution in [0.25, 0.3) is 0 Å². The summed E-state index contributed by atoms with van der Waals surface area (Å²) in [5.74, 6) is 0.920. The molecular weight excluding hydrogens is 272 g/mol. The quantitative estimate of drug-likeness (QED) is 0.626. The molecule has 0 aromatic heterocycles. The summed E-state index contributed by atoms with van der Waals surface area (Å²) in [4.78, 5) is 19.5. The van der Waals surface area contributed by atoms with Gasteiger partial charge in [-0.25, -0.2) is 0 Å². The number of carbonyl (C=O) groups is 1. The normalized spacial score (nSPS) is 13.8. The first-order chi connectivity index (χ1) is 10.8. The van der Waals surface area contributed by atoms with E-state index in [2.05, 4.69) is 16.5 Å². The average Bonchev–Trinajstić information content (AvgIpc) is 3.03. The molecule has 2 aromatic rings. The number of carbonyl (C=O) groups excluding carboxylic acids is 1. The molecule has 0 N–H and O–H groups in total. The molecular formula is C19H18N2O. The van der Waals surface area contributed by atoms with Gasteiger partial charge < -0.3 is 4.90 Å². The fourth-order valence-corrected chi connectivity index (χ4v) is 2.69. The molecule has 0 saturated carbocycles. The van der Waals surface area contributed by atoms with Crippen molar-refractivity contribution in [3.8, 4) is 0 Å². The Morgan fingerprint density at radius 3 is 2.64 bits per heavy atom. The lowest BCUT2D eigenvalue weighted by atomic mass is 9.97. The van der Waals surface area contributed by atoms with E-state index >= 15 is 0 Å². The lowest BCUT2D eigenvalue weighted by Crippen LogP contribution is -2.29. The summed E-state index contributed by atoms with van der Waals surface area (Å²) in [6, 6.07) is 17.1. The van der Waals surface area contributed by atoms with E-state index in [1.54, 1.807) is 0 Å². The van der Waals surface area contributed by atoms with Crippen LogP contribution in [0.2, 0.25) is 0 Å². The molecule has 3 rings (SSSR count). The first kappa shape index (κ1) is 14.3. The molecule has 2 aromatic carbocycles. The van der Waals surface area contributed by atoms with Crippen LogP contribution >= 0.6 is 0 Å². The van der Waals surface area contributed by atoms with Crippen molar-refractivity contribution >= 4 is 11.6 Å². The van der Waals surface area contributed by atoms with E-state index in [1.807, 2.05) is 60.7 Å². The summed E-state index contributed by atoms with van der Waals surface area (Å²) in [7, 11) is 0. The summed E-state index contributed by atoms with van der Waals surface area (Å²) < 4.78 is 0. The van der Waals surface area contributed by atoms with Crippen molar-refractivity contribution in [1.29, 1.82) is 0 Å². The average molecular weight is 290 g/mol. The molecule has 1 aliphatic heterocycles. The van der Waals surface area contributed by atoms with Crippen LogP contribution in [0.3, 0.4) is 0 Å². The fourth-order valence-electron chi connectivity index (χ4n) is 2.69. The van der Waals surface area contributed by atoms with E-state index in [9.17, 15) is 4.79 Å². The number of aliphatic imine (C=N–C) groups is 1. The molecule has 1 heterocycles. The molecule has 3 nitrogen and oxygen atoms in total. The molecule has 22 heavy (non-hydrogen) atoms. The minimum atomic E-state index is 0.0318. The second-order valence-electron chi connectivity index (χ2n) is 5.18. The molecule has 0 fully saturated rings. The Labute approximate surface area is 130 Å². The number of amidine groups is 1. The third-order valence-corrected chi connectivity index (χ3v) is 3.73. The minimum Gasteiger partial charge on any atom is -0.351 e. The van der Waals surface area contributed by atoms with Crippen LogP contribution in [0.15, 0.2) is 72.2 Å². The number of ketones is 1. The summed E-state index contributed by atoms with van der Waals surface area (Å²) in [6.07, 6.45) is 1.86. The molecule has 0 atom stereocenters. The maximum Gasteiger partial charge on any atom is 0.193 e. The fraction of sp³-hybridized carbons (Fsp3) is 0.158. The van der Waals surface area contributed by atoms with Crippen molar-refractivity contribution in [3.63, 3.8) is 0 Å². The maximum absolute atomic E-state index is 12.8. The topological polar surface area (TPSA) is 32.7 Å². The highest BCUT2D eigenvalue weighted by Gasteiger charge is 2.22. The molecule has 3 heteroatoms. The van der Waals surface area contributed by atoms with Crippen LogP contribution in [-0.2, 0) is 0 Å². The van der Waals surface area contributed by atoms with Crippen LogP contribution in [0, 0.1) is 0 Å². The van der Waals surface area contributed by atoms with Gasteiger partial charge in [-0.05, 0) is 0 Å². The predicted molar refractivity (Wildman–Crippen MR) is 89.5 cm³/mol. The van der Waals surface area contributed by atoms with Crippen molar-refractivity contribution in [2.24, 2.45) is 4.99 Å². The highest BCUT2D eigenvalue weighted by Crippen LogP contribution is 2.19. The van der Waals surface area contributed by atoms with Gasteiger partial charge in [-0.2, -0.15) is 0 Å². The van der Waals surface area contributed by atoms with Crippen molar-refractivity contribution in [3.05, 3.63) is 83.9 Å². The van der Waals surface area contributed by atoms with Gasteiger partial charge in [0.25, 0.3) is 0 Å². The van der Waals surface area contributed by atoms with Gasteiger partial charge in [0.1, 0.15) is 5.84 Å². The Balaban J connectivity index is 2.01. The Hall–Kier alpha value is -2.68. The largest absolute Gasteiger partial charge is 0.351 e. The van der Waals surface area contributed by atoms with Gasteiger partial charge in [-0.1, -0.05) is 60.7 Å². The van der Waals surface area contributed by atoms with Crippen molar-refractivity contribution in [2.45, 2.75) is 0 Å². The summed E-state index contributed by atoms with van der Waals surface area (Å²) >= 11 is 0. The third-order valence-electron chi connectivity index (χ3n) is 3.73. The summed E-state index contributed by atoms with van der Waals surface area (Å²) in [6.45, 7) is 6.17. The lowest BCUT2D eigenvalue weighted by molar-refractivity contribution is 0.103. The Morgan fingerprint density at radius 1 is 1.14 bits per heavy atom. The number of rotatable bonds is 5.